The van der Waals surface area contributed by atoms with Crippen molar-refractivity contribution in [2.45, 2.75) is 26.7 Å². The van der Waals surface area contributed by atoms with Crippen LogP contribution < -0.4 is 14.4 Å². The lowest BCUT2D eigenvalue weighted by atomic mass is 10.1. The standard InChI is InChI=1S/C24H25N3O3/c1-15-8-11-21(26-22(15)18-12-16(2)23(30-4)25-14-18)27(24(28)17-9-10-17)19-6-5-7-20(13-19)29-3/h5-8,11-14,17H,9-10H2,1-4H3. The minimum absolute atomic E-state index is 0.0488. The molecule has 154 valence electrons. The van der Waals surface area contributed by atoms with Crippen LogP contribution >= 0.6 is 0 Å². The summed E-state index contributed by atoms with van der Waals surface area (Å²) in [6.07, 6.45) is 3.59. The van der Waals surface area contributed by atoms with Gasteiger partial charge in [-0.25, -0.2) is 9.97 Å². The van der Waals surface area contributed by atoms with Gasteiger partial charge in [0, 0.05) is 29.3 Å². The molecule has 1 aromatic carbocycles. The normalized spacial score (nSPS) is 13.1. The molecular weight excluding hydrogens is 378 g/mol. The maximum Gasteiger partial charge on any atom is 0.235 e. The fourth-order valence-corrected chi connectivity index (χ4v) is 3.48. The van der Waals surface area contributed by atoms with Gasteiger partial charge in [0.25, 0.3) is 0 Å². The van der Waals surface area contributed by atoms with Gasteiger partial charge in [-0.3, -0.25) is 9.69 Å². The number of nitrogens with zero attached hydrogens (tertiary/aromatic N) is 3. The molecule has 1 saturated carbocycles. The summed E-state index contributed by atoms with van der Waals surface area (Å²) >= 11 is 0. The number of hydrogen-bond donors (Lipinski definition) is 0. The molecule has 1 aliphatic carbocycles. The second-order valence-electron chi connectivity index (χ2n) is 7.53. The molecule has 0 radical (unpaired) electrons. The van der Waals surface area contributed by atoms with E-state index in [0.717, 1.165) is 40.9 Å². The molecule has 3 aromatic rings. The Hall–Kier alpha value is -3.41. The summed E-state index contributed by atoms with van der Waals surface area (Å²) in [6.45, 7) is 3.96. The monoisotopic (exact) mass is 403 g/mol. The van der Waals surface area contributed by atoms with Gasteiger partial charge in [0.15, 0.2) is 0 Å². The molecule has 6 nitrogen and oxygen atoms in total. The van der Waals surface area contributed by atoms with Gasteiger partial charge in [-0.15, -0.1) is 0 Å². The second-order valence-corrected chi connectivity index (χ2v) is 7.53. The van der Waals surface area contributed by atoms with Crippen molar-refractivity contribution in [1.29, 1.82) is 0 Å². The van der Waals surface area contributed by atoms with Crippen LogP contribution in [0.3, 0.4) is 0 Å². The van der Waals surface area contributed by atoms with Gasteiger partial charge < -0.3 is 9.47 Å². The van der Waals surface area contributed by atoms with E-state index in [1.807, 2.05) is 56.3 Å². The van der Waals surface area contributed by atoms with E-state index in [2.05, 4.69) is 4.98 Å². The third kappa shape index (κ3) is 3.85. The van der Waals surface area contributed by atoms with Crippen molar-refractivity contribution in [2.75, 3.05) is 19.1 Å². The van der Waals surface area contributed by atoms with Crippen LogP contribution in [-0.2, 0) is 4.79 Å². The summed E-state index contributed by atoms with van der Waals surface area (Å²) in [5.74, 6) is 1.99. The average Bonchev–Trinajstić information content (AvgIpc) is 3.60. The highest BCUT2D eigenvalue weighted by Gasteiger charge is 2.35. The van der Waals surface area contributed by atoms with Gasteiger partial charge in [-0.05, 0) is 56.5 Å². The van der Waals surface area contributed by atoms with E-state index in [1.165, 1.54) is 0 Å². The number of anilines is 2. The van der Waals surface area contributed by atoms with E-state index < -0.39 is 0 Å². The predicted molar refractivity (Wildman–Crippen MR) is 116 cm³/mol. The van der Waals surface area contributed by atoms with Gasteiger partial charge in [0.05, 0.1) is 25.6 Å². The zero-order valence-electron chi connectivity index (χ0n) is 17.7. The van der Waals surface area contributed by atoms with Crippen molar-refractivity contribution >= 4 is 17.4 Å². The first kappa shape index (κ1) is 19.9. The van der Waals surface area contributed by atoms with E-state index in [9.17, 15) is 4.79 Å². The molecule has 0 atom stereocenters. The Balaban J connectivity index is 1.81. The van der Waals surface area contributed by atoms with Crippen LogP contribution in [-0.4, -0.2) is 30.1 Å². The van der Waals surface area contributed by atoms with Crippen molar-refractivity contribution in [3.8, 4) is 22.9 Å². The minimum Gasteiger partial charge on any atom is -0.497 e. The van der Waals surface area contributed by atoms with E-state index in [4.69, 9.17) is 14.5 Å². The first-order chi connectivity index (χ1) is 14.5. The number of rotatable bonds is 6. The lowest BCUT2D eigenvalue weighted by Crippen LogP contribution is -2.28. The van der Waals surface area contributed by atoms with E-state index in [0.29, 0.717) is 17.4 Å². The quantitative estimate of drug-likeness (QED) is 0.589. The van der Waals surface area contributed by atoms with Gasteiger partial charge in [-0.1, -0.05) is 12.1 Å². The van der Waals surface area contributed by atoms with E-state index >= 15 is 0 Å². The highest BCUT2D eigenvalue weighted by Crippen LogP contribution is 2.38. The Morgan fingerprint density at radius 2 is 1.83 bits per heavy atom. The second kappa shape index (κ2) is 8.14. The topological polar surface area (TPSA) is 64.5 Å². The number of aryl methyl sites for hydroxylation is 2. The molecule has 1 fully saturated rings. The predicted octanol–water partition coefficient (Wildman–Crippen LogP) is 4.85. The van der Waals surface area contributed by atoms with E-state index in [1.54, 1.807) is 25.3 Å². The van der Waals surface area contributed by atoms with Crippen LogP contribution in [0.4, 0.5) is 11.5 Å². The average molecular weight is 403 g/mol. The molecule has 0 bridgehead atoms. The Bertz CT molecular complexity index is 1090. The molecule has 6 heteroatoms. The lowest BCUT2D eigenvalue weighted by Gasteiger charge is -2.23. The van der Waals surface area contributed by atoms with Crippen molar-refractivity contribution in [2.24, 2.45) is 5.92 Å². The van der Waals surface area contributed by atoms with Crippen LogP contribution in [0.1, 0.15) is 24.0 Å². The summed E-state index contributed by atoms with van der Waals surface area (Å²) in [4.78, 5) is 24.2. The molecule has 0 saturated heterocycles. The number of carbonyl (C=O) groups excluding carboxylic acids is 1. The third-order valence-corrected chi connectivity index (χ3v) is 5.27. The van der Waals surface area contributed by atoms with Gasteiger partial charge in [-0.2, -0.15) is 0 Å². The molecule has 0 aliphatic heterocycles. The van der Waals surface area contributed by atoms with Crippen molar-refractivity contribution in [3.63, 3.8) is 0 Å². The molecule has 4 rings (SSSR count). The van der Waals surface area contributed by atoms with Crippen molar-refractivity contribution in [3.05, 3.63) is 59.8 Å². The van der Waals surface area contributed by atoms with Crippen LogP contribution in [0.5, 0.6) is 11.6 Å². The molecule has 2 aromatic heterocycles. The zero-order chi connectivity index (χ0) is 21.3. The minimum atomic E-state index is 0.0488. The summed E-state index contributed by atoms with van der Waals surface area (Å²) in [5, 5.41) is 0. The highest BCUT2D eigenvalue weighted by molar-refractivity contribution is 6.02. The largest absolute Gasteiger partial charge is 0.497 e. The molecule has 0 spiro atoms. The summed E-state index contributed by atoms with van der Waals surface area (Å²) in [6, 6.07) is 13.4. The number of aromatic nitrogens is 2. The summed E-state index contributed by atoms with van der Waals surface area (Å²) in [7, 11) is 3.22. The SMILES string of the molecule is COc1cccc(N(C(=O)C2CC2)c2ccc(C)c(-c3cnc(OC)c(C)c3)n2)c1. The molecular formula is C24H25N3O3. The van der Waals surface area contributed by atoms with Crippen LogP contribution in [0.2, 0.25) is 0 Å². The van der Waals surface area contributed by atoms with Crippen molar-refractivity contribution < 1.29 is 14.3 Å². The Labute approximate surface area is 176 Å². The number of hydrogen-bond acceptors (Lipinski definition) is 5. The molecule has 1 aliphatic rings. The Morgan fingerprint density at radius 3 is 2.50 bits per heavy atom. The third-order valence-electron chi connectivity index (χ3n) is 5.27. The zero-order valence-corrected chi connectivity index (χ0v) is 17.7. The van der Waals surface area contributed by atoms with E-state index in [-0.39, 0.29) is 11.8 Å². The van der Waals surface area contributed by atoms with Crippen LogP contribution in [0.25, 0.3) is 11.3 Å². The number of methoxy groups -OCH3 is 2. The fourth-order valence-electron chi connectivity index (χ4n) is 3.48. The molecule has 2 heterocycles. The number of ether oxygens (including phenoxy) is 2. The first-order valence-electron chi connectivity index (χ1n) is 9.98. The number of benzene rings is 1. The molecule has 1 amide bonds. The smallest absolute Gasteiger partial charge is 0.235 e. The number of amides is 1. The fraction of sp³-hybridized carbons (Fsp3) is 0.292. The summed E-state index contributed by atoms with van der Waals surface area (Å²) in [5.41, 5.74) is 4.37. The van der Waals surface area contributed by atoms with Gasteiger partial charge in [0.1, 0.15) is 11.6 Å². The van der Waals surface area contributed by atoms with Gasteiger partial charge in [0.2, 0.25) is 11.8 Å². The maximum atomic E-state index is 13.2. The molecule has 0 unspecified atom stereocenters. The molecule has 30 heavy (non-hydrogen) atoms. The number of carbonyl (C=O) groups is 1. The van der Waals surface area contributed by atoms with Crippen molar-refractivity contribution in [1.82, 2.24) is 9.97 Å². The van der Waals surface area contributed by atoms with Gasteiger partial charge >= 0.3 is 0 Å². The van der Waals surface area contributed by atoms with Crippen LogP contribution in [0.15, 0.2) is 48.7 Å². The van der Waals surface area contributed by atoms with Crippen LogP contribution in [0, 0.1) is 19.8 Å². The first-order valence-corrected chi connectivity index (χ1v) is 9.98. The summed E-state index contributed by atoms with van der Waals surface area (Å²) < 4.78 is 10.6. The lowest BCUT2D eigenvalue weighted by molar-refractivity contribution is -0.119. The maximum absolute atomic E-state index is 13.2. The molecule has 0 N–H and O–H groups in total. The Kier molecular flexibility index (Phi) is 5.40. The highest BCUT2D eigenvalue weighted by atomic mass is 16.5. The Morgan fingerprint density at radius 1 is 1.03 bits per heavy atom. The number of pyridine rings is 2.